The van der Waals surface area contributed by atoms with Crippen molar-refractivity contribution in [2.75, 3.05) is 53.0 Å². The Kier molecular flexibility index (Phi) is 7.48. The van der Waals surface area contributed by atoms with Crippen LogP contribution in [0, 0.1) is 0 Å². The third-order valence-corrected chi connectivity index (χ3v) is 5.32. The van der Waals surface area contributed by atoms with Gasteiger partial charge in [-0.2, -0.15) is 0 Å². The van der Waals surface area contributed by atoms with E-state index in [1.165, 1.54) is 7.11 Å². The summed E-state index contributed by atoms with van der Waals surface area (Å²) in [4.78, 5) is 29.8. The summed E-state index contributed by atoms with van der Waals surface area (Å²) < 4.78 is 10.8. The molecule has 8 nitrogen and oxygen atoms in total. The number of esters is 1. The van der Waals surface area contributed by atoms with E-state index in [2.05, 4.69) is 27.0 Å². The normalized spacial score (nSPS) is 20.3. The highest BCUT2D eigenvalue weighted by atomic mass is 16.5. The van der Waals surface area contributed by atoms with E-state index in [4.69, 9.17) is 9.47 Å². The molecule has 3 rings (SSSR count). The summed E-state index contributed by atoms with van der Waals surface area (Å²) in [5.74, 6) is 0.157. The first-order valence-electron chi connectivity index (χ1n) is 10.2. The van der Waals surface area contributed by atoms with Gasteiger partial charge in [0, 0.05) is 50.5 Å². The van der Waals surface area contributed by atoms with Gasteiger partial charge in [-0.1, -0.05) is 24.3 Å². The van der Waals surface area contributed by atoms with Crippen molar-refractivity contribution in [2.45, 2.75) is 13.0 Å². The van der Waals surface area contributed by atoms with Gasteiger partial charge in [0.05, 0.1) is 25.3 Å². The van der Waals surface area contributed by atoms with Crippen LogP contribution in [-0.4, -0.2) is 74.8 Å². The van der Waals surface area contributed by atoms with Gasteiger partial charge in [-0.05, 0) is 13.0 Å². The molecule has 2 N–H and O–H groups in total. The van der Waals surface area contributed by atoms with Crippen LogP contribution in [-0.2, 0) is 9.53 Å². The Morgan fingerprint density at radius 1 is 1.23 bits per heavy atom. The second-order valence-electron chi connectivity index (χ2n) is 7.25. The number of hydrogen-bond donors (Lipinski definition) is 2. The van der Waals surface area contributed by atoms with Crippen molar-refractivity contribution in [1.82, 2.24) is 20.4 Å². The van der Waals surface area contributed by atoms with Crippen molar-refractivity contribution in [3.63, 3.8) is 0 Å². The van der Waals surface area contributed by atoms with Crippen LogP contribution in [0.15, 0.2) is 48.2 Å². The molecule has 30 heavy (non-hydrogen) atoms. The summed E-state index contributed by atoms with van der Waals surface area (Å²) in [5, 5.41) is 5.69. The molecule has 1 aromatic carbocycles. The maximum atomic E-state index is 12.8. The molecule has 0 aromatic heterocycles. The highest BCUT2D eigenvalue weighted by molar-refractivity contribution is 5.95. The Morgan fingerprint density at radius 2 is 1.93 bits per heavy atom. The van der Waals surface area contributed by atoms with Crippen molar-refractivity contribution in [3.8, 4) is 5.75 Å². The predicted octanol–water partition coefficient (Wildman–Crippen LogP) is 1.67. The summed E-state index contributed by atoms with van der Waals surface area (Å²) >= 11 is 0. The number of urea groups is 1. The number of carbonyl (C=O) groups excluding carboxylic acids is 2. The van der Waals surface area contributed by atoms with E-state index >= 15 is 0 Å². The molecule has 8 heteroatoms. The van der Waals surface area contributed by atoms with Crippen LogP contribution in [0.5, 0.6) is 5.75 Å². The van der Waals surface area contributed by atoms with Crippen molar-refractivity contribution >= 4 is 12.0 Å². The van der Waals surface area contributed by atoms with Gasteiger partial charge < -0.3 is 20.1 Å². The van der Waals surface area contributed by atoms with Crippen LogP contribution < -0.4 is 15.4 Å². The van der Waals surface area contributed by atoms with Gasteiger partial charge in [0.1, 0.15) is 5.75 Å². The minimum absolute atomic E-state index is 0.348. The van der Waals surface area contributed by atoms with Gasteiger partial charge in [-0.15, -0.1) is 6.58 Å². The molecule has 0 spiro atoms. The van der Waals surface area contributed by atoms with E-state index in [0.717, 1.165) is 38.3 Å². The number of nitrogens with one attached hydrogen (secondary N) is 2. The molecule has 0 unspecified atom stereocenters. The molecule has 162 valence electrons. The van der Waals surface area contributed by atoms with Crippen LogP contribution in [0.25, 0.3) is 0 Å². The summed E-state index contributed by atoms with van der Waals surface area (Å²) in [6.07, 6.45) is 1.90. The SMILES string of the molecule is C=CCN1CCN(CC2=C(C(=O)OC)[C@@H](c3ccccc3OCC)NC(=O)N2)CC1. The zero-order chi connectivity index (χ0) is 21.5. The average Bonchev–Trinajstić information content (AvgIpc) is 2.75. The first-order valence-corrected chi connectivity index (χ1v) is 10.2. The summed E-state index contributed by atoms with van der Waals surface area (Å²) in [7, 11) is 1.35. The second-order valence-corrected chi connectivity index (χ2v) is 7.25. The maximum Gasteiger partial charge on any atom is 0.338 e. The molecular weight excluding hydrogens is 384 g/mol. The molecule has 0 saturated carbocycles. The Morgan fingerprint density at radius 3 is 2.60 bits per heavy atom. The molecule has 2 heterocycles. The molecule has 1 saturated heterocycles. The lowest BCUT2D eigenvalue weighted by Crippen LogP contribution is -2.51. The number of para-hydroxylation sites is 1. The molecule has 0 bridgehead atoms. The lowest BCUT2D eigenvalue weighted by molar-refractivity contribution is -0.136. The van der Waals surface area contributed by atoms with Gasteiger partial charge in [0.2, 0.25) is 0 Å². The van der Waals surface area contributed by atoms with E-state index in [-0.39, 0.29) is 6.03 Å². The van der Waals surface area contributed by atoms with Gasteiger partial charge in [0.15, 0.2) is 0 Å². The third kappa shape index (κ3) is 5.01. The van der Waals surface area contributed by atoms with Gasteiger partial charge in [-0.25, -0.2) is 9.59 Å². The van der Waals surface area contributed by atoms with Crippen molar-refractivity contribution < 1.29 is 19.1 Å². The fourth-order valence-electron chi connectivity index (χ4n) is 3.87. The first-order chi connectivity index (χ1) is 14.6. The quantitative estimate of drug-likeness (QED) is 0.497. The molecule has 2 amide bonds. The molecular formula is C22H30N4O4. The molecule has 0 aliphatic carbocycles. The van der Waals surface area contributed by atoms with Gasteiger partial charge in [-0.3, -0.25) is 9.80 Å². The smallest absolute Gasteiger partial charge is 0.338 e. The minimum atomic E-state index is -0.647. The van der Waals surface area contributed by atoms with Crippen LogP contribution in [0.2, 0.25) is 0 Å². The zero-order valence-electron chi connectivity index (χ0n) is 17.6. The van der Waals surface area contributed by atoms with Crippen LogP contribution in [0.3, 0.4) is 0 Å². The van der Waals surface area contributed by atoms with Crippen molar-refractivity contribution in [1.29, 1.82) is 0 Å². The van der Waals surface area contributed by atoms with E-state index < -0.39 is 12.0 Å². The summed E-state index contributed by atoms with van der Waals surface area (Å²) in [6, 6.07) is 6.42. The van der Waals surface area contributed by atoms with Crippen LogP contribution in [0.4, 0.5) is 4.79 Å². The number of hydrogen-bond acceptors (Lipinski definition) is 6. The molecule has 1 atom stereocenters. The summed E-state index contributed by atoms with van der Waals surface area (Å²) in [5.41, 5.74) is 1.69. The molecule has 0 radical (unpaired) electrons. The third-order valence-electron chi connectivity index (χ3n) is 5.32. The van der Waals surface area contributed by atoms with E-state index in [0.29, 0.717) is 30.2 Å². The fraction of sp³-hybridized carbons (Fsp3) is 0.455. The van der Waals surface area contributed by atoms with Crippen molar-refractivity contribution in [3.05, 3.63) is 53.8 Å². The Bertz CT molecular complexity index is 815. The zero-order valence-corrected chi connectivity index (χ0v) is 17.6. The first kappa shape index (κ1) is 21.9. The molecule has 2 aliphatic rings. The molecule has 1 aromatic rings. The second kappa shape index (κ2) is 10.3. The number of carbonyl (C=O) groups is 2. The number of benzene rings is 1. The largest absolute Gasteiger partial charge is 0.494 e. The fourth-order valence-corrected chi connectivity index (χ4v) is 3.87. The number of rotatable bonds is 8. The number of methoxy groups -OCH3 is 1. The Balaban J connectivity index is 1.91. The van der Waals surface area contributed by atoms with Crippen LogP contribution in [0.1, 0.15) is 18.5 Å². The summed E-state index contributed by atoms with van der Waals surface area (Å²) in [6.45, 7) is 11.0. The number of piperazine rings is 1. The predicted molar refractivity (Wildman–Crippen MR) is 114 cm³/mol. The van der Waals surface area contributed by atoms with E-state index in [1.54, 1.807) is 0 Å². The molecule has 1 fully saturated rings. The Labute approximate surface area is 177 Å². The maximum absolute atomic E-state index is 12.8. The number of nitrogens with zero attached hydrogens (tertiary/aromatic N) is 2. The highest BCUT2D eigenvalue weighted by Gasteiger charge is 2.35. The average molecular weight is 415 g/mol. The minimum Gasteiger partial charge on any atom is -0.494 e. The van der Waals surface area contributed by atoms with Gasteiger partial charge >= 0.3 is 12.0 Å². The number of ether oxygens (including phenoxy) is 2. The van der Waals surface area contributed by atoms with E-state index in [1.807, 2.05) is 37.3 Å². The lowest BCUT2D eigenvalue weighted by atomic mass is 9.94. The highest BCUT2D eigenvalue weighted by Crippen LogP contribution is 2.33. The van der Waals surface area contributed by atoms with Gasteiger partial charge in [0.25, 0.3) is 0 Å². The molecule has 2 aliphatic heterocycles. The number of amides is 2. The monoisotopic (exact) mass is 414 g/mol. The topological polar surface area (TPSA) is 83.1 Å². The van der Waals surface area contributed by atoms with Crippen molar-refractivity contribution in [2.24, 2.45) is 0 Å². The van der Waals surface area contributed by atoms with Crippen LogP contribution >= 0.6 is 0 Å². The Hall–Kier alpha value is -2.84. The lowest BCUT2D eigenvalue weighted by Gasteiger charge is -2.36. The standard InChI is InChI=1S/C22H30N4O4/c1-4-10-25-11-13-26(14-12-25)15-17-19(21(27)29-3)20(24-22(28)23-17)16-8-6-7-9-18(16)30-5-2/h4,6-9,20H,1,5,10-15H2,2-3H3,(H2,23,24,28)/t20-/m1/s1. The van der Waals surface area contributed by atoms with E-state index in [9.17, 15) is 9.59 Å².